The number of anilines is 2. The summed E-state index contributed by atoms with van der Waals surface area (Å²) >= 11 is 0. The van der Waals surface area contributed by atoms with Crippen LogP contribution in [0.3, 0.4) is 0 Å². The van der Waals surface area contributed by atoms with E-state index in [-0.39, 0.29) is 25.5 Å². The number of fused-ring (bicyclic) bond motifs is 1. The molecule has 45 heavy (non-hydrogen) atoms. The maximum atomic E-state index is 14.1. The molecule has 1 aliphatic heterocycles. The van der Waals surface area contributed by atoms with Crippen molar-refractivity contribution in [3.8, 4) is 5.75 Å². The minimum Gasteiger partial charge on any atom is -0.492 e. The van der Waals surface area contributed by atoms with E-state index in [1.54, 1.807) is 0 Å². The van der Waals surface area contributed by atoms with E-state index in [9.17, 15) is 18.8 Å². The number of nitrogens with zero attached hydrogens (tertiary/aromatic N) is 3. The second-order valence-corrected chi connectivity index (χ2v) is 11.4. The number of H-pyrrole nitrogens is 1. The summed E-state index contributed by atoms with van der Waals surface area (Å²) in [5, 5.41) is 6.90. The zero-order valence-corrected chi connectivity index (χ0v) is 26.0. The molecule has 0 aliphatic carbocycles. The maximum absolute atomic E-state index is 14.1. The lowest BCUT2D eigenvalue weighted by molar-refractivity contribution is -0.120. The van der Waals surface area contributed by atoms with Gasteiger partial charge in [-0.3, -0.25) is 9.59 Å². The highest BCUT2D eigenvalue weighted by Gasteiger charge is 2.34. The monoisotopic (exact) mass is 614 g/mol. The van der Waals surface area contributed by atoms with Crippen LogP contribution < -0.4 is 20.3 Å². The molecule has 11 heteroatoms. The Kier molecular flexibility index (Phi) is 9.68. The molecule has 1 aliphatic rings. The molecule has 4 aromatic rings. The summed E-state index contributed by atoms with van der Waals surface area (Å²) in [5.41, 5.74) is 3.85. The van der Waals surface area contributed by atoms with Gasteiger partial charge in [-0.2, -0.15) is 0 Å². The van der Waals surface area contributed by atoms with Gasteiger partial charge in [-0.25, -0.2) is 9.18 Å². The van der Waals surface area contributed by atoms with Gasteiger partial charge < -0.3 is 35.1 Å². The van der Waals surface area contributed by atoms with Gasteiger partial charge in [0, 0.05) is 48.3 Å². The molecule has 5 rings (SSSR count). The largest absolute Gasteiger partial charge is 0.492 e. The lowest BCUT2D eigenvalue weighted by Gasteiger charge is -2.35. The normalized spacial score (nSPS) is 14.8. The Labute approximate surface area is 262 Å². The van der Waals surface area contributed by atoms with E-state index in [4.69, 9.17) is 4.74 Å². The first-order valence-corrected chi connectivity index (χ1v) is 15.0. The molecule has 4 amide bonds. The Hall–Kier alpha value is -4.90. The van der Waals surface area contributed by atoms with Crippen LogP contribution in [0.5, 0.6) is 5.75 Å². The second kappa shape index (κ2) is 13.8. The van der Waals surface area contributed by atoms with Crippen LogP contribution in [0.15, 0.2) is 72.9 Å². The molecule has 0 unspecified atom stereocenters. The topological polar surface area (TPSA) is 110 Å². The van der Waals surface area contributed by atoms with E-state index < -0.39 is 29.7 Å². The van der Waals surface area contributed by atoms with Crippen molar-refractivity contribution in [1.29, 1.82) is 0 Å². The van der Waals surface area contributed by atoms with Gasteiger partial charge in [-0.15, -0.1) is 0 Å². The molecule has 0 bridgehead atoms. The molecule has 0 spiro atoms. The summed E-state index contributed by atoms with van der Waals surface area (Å²) in [7, 11) is 3.93. The van der Waals surface area contributed by atoms with Gasteiger partial charge in [0.2, 0.25) is 11.8 Å². The lowest BCUT2D eigenvalue weighted by Crippen LogP contribution is -2.58. The average Bonchev–Trinajstić information content (AvgIpc) is 3.45. The fraction of sp³-hybridized carbons (Fsp3) is 0.324. The summed E-state index contributed by atoms with van der Waals surface area (Å²) < 4.78 is 19.2. The number of carbonyl (C=O) groups excluding carboxylic acids is 3. The van der Waals surface area contributed by atoms with Gasteiger partial charge in [0.05, 0.1) is 12.3 Å². The van der Waals surface area contributed by atoms with Crippen molar-refractivity contribution in [3.05, 3.63) is 89.9 Å². The average molecular weight is 615 g/mol. The van der Waals surface area contributed by atoms with Gasteiger partial charge >= 0.3 is 6.03 Å². The summed E-state index contributed by atoms with van der Waals surface area (Å²) in [4.78, 5) is 49.0. The number of halogens is 1. The Balaban J connectivity index is 1.40. The van der Waals surface area contributed by atoms with E-state index in [2.05, 4.69) is 15.6 Å². The first-order chi connectivity index (χ1) is 21.6. The van der Waals surface area contributed by atoms with E-state index in [0.29, 0.717) is 30.3 Å². The molecular formula is C34H39FN6O4. The fourth-order valence-electron chi connectivity index (χ4n) is 5.66. The van der Waals surface area contributed by atoms with Crippen molar-refractivity contribution in [2.45, 2.75) is 32.4 Å². The first-order valence-electron chi connectivity index (χ1n) is 15.0. The van der Waals surface area contributed by atoms with E-state index in [1.165, 1.54) is 34.1 Å². The van der Waals surface area contributed by atoms with Crippen LogP contribution in [0.25, 0.3) is 10.9 Å². The van der Waals surface area contributed by atoms with Crippen molar-refractivity contribution in [2.24, 2.45) is 0 Å². The Morgan fingerprint density at radius 3 is 2.53 bits per heavy atom. The minimum absolute atomic E-state index is 0.180. The molecule has 0 saturated carbocycles. The summed E-state index contributed by atoms with van der Waals surface area (Å²) in [5.74, 6) is -1.02. The number of para-hydroxylation sites is 1. The molecule has 0 radical (unpaired) electrons. The van der Waals surface area contributed by atoms with Gasteiger partial charge in [-0.1, -0.05) is 31.2 Å². The number of rotatable bonds is 10. The van der Waals surface area contributed by atoms with E-state index in [1.807, 2.05) is 81.5 Å². The van der Waals surface area contributed by atoms with E-state index >= 15 is 0 Å². The molecule has 2 atom stereocenters. The maximum Gasteiger partial charge on any atom is 0.318 e. The molecular weight excluding hydrogens is 575 g/mol. The standard InChI is InChI=1S/C34H39FN6O4/c1-5-45-30-15-10-23(20-39(3)4)18-29(30)37-33(43)32(22(2)27-19-36-28-9-7-6-8-26(27)28)38-34(44)40-16-17-41(31(42)21-40)25-13-11-24(35)12-14-25/h6-15,18-19,22,32,36H,5,16-17,20-21H2,1-4H3,(H,37,43)(H,38,44)/t22-,32+/m0/s1. The van der Waals surface area contributed by atoms with Crippen molar-refractivity contribution >= 4 is 40.1 Å². The SMILES string of the molecule is CCOc1ccc(CN(C)C)cc1NC(=O)[C@H](NC(=O)N1CCN(c2ccc(F)cc2)C(=O)C1)[C@@H](C)c1c[nH]c2ccccc12. The highest BCUT2D eigenvalue weighted by atomic mass is 19.1. The molecule has 3 N–H and O–H groups in total. The van der Waals surface area contributed by atoms with Gasteiger partial charge in [0.15, 0.2) is 0 Å². The highest BCUT2D eigenvalue weighted by Crippen LogP contribution is 2.31. The highest BCUT2D eigenvalue weighted by molar-refractivity contribution is 6.01. The van der Waals surface area contributed by atoms with Crippen molar-refractivity contribution < 1.29 is 23.5 Å². The quantitative estimate of drug-likeness (QED) is 0.235. The second-order valence-electron chi connectivity index (χ2n) is 11.4. The van der Waals surface area contributed by atoms with Crippen LogP contribution in [0.2, 0.25) is 0 Å². The molecule has 1 saturated heterocycles. The summed E-state index contributed by atoms with van der Waals surface area (Å²) in [6, 6.07) is 17.6. The third kappa shape index (κ3) is 7.26. The number of aromatic nitrogens is 1. The molecule has 2 heterocycles. The third-order valence-corrected chi connectivity index (χ3v) is 7.92. The number of hydrogen-bond donors (Lipinski definition) is 3. The zero-order chi connectivity index (χ0) is 32.1. The van der Waals surface area contributed by atoms with Gasteiger partial charge in [0.25, 0.3) is 0 Å². The predicted octanol–water partition coefficient (Wildman–Crippen LogP) is 4.94. The van der Waals surface area contributed by atoms with Crippen molar-refractivity contribution in [2.75, 3.05) is 50.6 Å². The van der Waals surface area contributed by atoms with Crippen LogP contribution in [0.4, 0.5) is 20.6 Å². The van der Waals surface area contributed by atoms with Gasteiger partial charge in [0.1, 0.15) is 24.2 Å². The molecule has 3 aromatic carbocycles. The predicted molar refractivity (Wildman–Crippen MR) is 173 cm³/mol. The number of urea groups is 1. The zero-order valence-electron chi connectivity index (χ0n) is 26.0. The number of benzene rings is 3. The third-order valence-electron chi connectivity index (χ3n) is 7.92. The van der Waals surface area contributed by atoms with E-state index in [0.717, 1.165) is 22.0 Å². The molecule has 10 nitrogen and oxygen atoms in total. The van der Waals surface area contributed by atoms with Crippen molar-refractivity contribution in [1.82, 2.24) is 20.1 Å². The fourth-order valence-corrected chi connectivity index (χ4v) is 5.66. The van der Waals surface area contributed by atoms with Crippen LogP contribution in [0, 0.1) is 5.82 Å². The molecule has 1 aromatic heterocycles. The Morgan fingerprint density at radius 2 is 1.82 bits per heavy atom. The lowest BCUT2D eigenvalue weighted by atomic mass is 9.92. The van der Waals surface area contributed by atoms with Crippen LogP contribution in [-0.4, -0.2) is 79.0 Å². The summed E-state index contributed by atoms with van der Waals surface area (Å²) in [6.07, 6.45) is 1.86. The smallest absolute Gasteiger partial charge is 0.318 e. The Morgan fingerprint density at radius 1 is 1.07 bits per heavy atom. The number of ether oxygens (including phenoxy) is 1. The summed E-state index contributed by atoms with van der Waals surface area (Å²) in [6.45, 7) is 5.15. The number of amides is 4. The number of nitrogens with one attached hydrogen (secondary N) is 3. The van der Waals surface area contributed by atoms with Crippen LogP contribution in [-0.2, 0) is 16.1 Å². The first kappa shape index (κ1) is 31.5. The molecule has 1 fully saturated rings. The Bertz CT molecular complexity index is 1670. The van der Waals surface area contributed by atoms with Crippen LogP contribution in [0.1, 0.15) is 30.9 Å². The van der Waals surface area contributed by atoms with Crippen molar-refractivity contribution in [3.63, 3.8) is 0 Å². The minimum atomic E-state index is -0.992. The van der Waals surface area contributed by atoms with Gasteiger partial charge in [-0.05, 0) is 74.6 Å². The molecule has 236 valence electrons. The number of hydrogen-bond acceptors (Lipinski definition) is 5. The number of piperazine rings is 1. The number of carbonyl (C=O) groups is 3. The van der Waals surface area contributed by atoms with Crippen LogP contribution >= 0.6 is 0 Å². The number of aromatic amines is 1.